The number of anilines is 2. The van der Waals surface area contributed by atoms with Gasteiger partial charge in [-0.2, -0.15) is 0 Å². The molecular formula is C12H12F2N2O2. The number of rotatable bonds is 1. The van der Waals surface area contributed by atoms with Gasteiger partial charge in [0.25, 0.3) is 0 Å². The lowest BCUT2D eigenvalue weighted by Crippen LogP contribution is -2.44. The van der Waals surface area contributed by atoms with E-state index in [9.17, 15) is 13.6 Å². The lowest BCUT2D eigenvalue weighted by Gasteiger charge is -2.32. The second-order valence-corrected chi connectivity index (χ2v) is 4.51. The summed E-state index contributed by atoms with van der Waals surface area (Å²) >= 11 is 0. The van der Waals surface area contributed by atoms with Crippen LogP contribution in [0.3, 0.4) is 0 Å². The number of hydrogen-bond acceptors (Lipinski definition) is 3. The highest BCUT2D eigenvalue weighted by Crippen LogP contribution is 2.39. The van der Waals surface area contributed by atoms with Crippen LogP contribution in [0.1, 0.15) is 6.42 Å². The fraction of sp³-hybridized carbons (Fsp3) is 0.417. The summed E-state index contributed by atoms with van der Waals surface area (Å²) in [5, 5.41) is 2.60. The Morgan fingerprint density at radius 1 is 1.44 bits per heavy atom. The first-order chi connectivity index (χ1) is 8.61. The SMILES string of the molecule is COC1CC2C(=O)Nc3ccc(F)c(F)c3N2C1. The molecular weight excluding hydrogens is 242 g/mol. The van der Waals surface area contributed by atoms with E-state index in [1.807, 2.05) is 0 Å². The number of benzene rings is 1. The fourth-order valence-electron chi connectivity index (χ4n) is 2.60. The molecule has 4 nitrogen and oxygen atoms in total. The molecule has 1 amide bonds. The summed E-state index contributed by atoms with van der Waals surface area (Å²) < 4.78 is 32.4. The zero-order chi connectivity index (χ0) is 12.9. The molecule has 0 bridgehead atoms. The van der Waals surface area contributed by atoms with E-state index in [2.05, 4.69) is 5.32 Å². The van der Waals surface area contributed by atoms with Crippen molar-refractivity contribution >= 4 is 17.3 Å². The van der Waals surface area contributed by atoms with Crippen molar-refractivity contribution in [2.75, 3.05) is 23.9 Å². The van der Waals surface area contributed by atoms with Crippen molar-refractivity contribution in [3.05, 3.63) is 23.8 Å². The second kappa shape index (κ2) is 3.91. The van der Waals surface area contributed by atoms with Gasteiger partial charge >= 0.3 is 0 Å². The molecule has 0 radical (unpaired) electrons. The van der Waals surface area contributed by atoms with Crippen molar-refractivity contribution in [2.24, 2.45) is 0 Å². The minimum atomic E-state index is -0.922. The van der Waals surface area contributed by atoms with E-state index in [4.69, 9.17) is 4.74 Å². The number of methoxy groups -OCH3 is 1. The fourth-order valence-corrected chi connectivity index (χ4v) is 2.60. The quantitative estimate of drug-likeness (QED) is 0.826. The maximum Gasteiger partial charge on any atom is 0.247 e. The van der Waals surface area contributed by atoms with Crippen LogP contribution < -0.4 is 10.2 Å². The lowest BCUT2D eigenvalue weighted by molar-refractivity contribution is -0.117. The Morgan fingerprint density at radius 2 is 2.22 bits per heavy atom. The molecule has 1 N–H and O–H groups in total. The van der Waals surface area contributed by atoms with E-state index in [0.29, 0.717) is 18.7 Å². The van der Waals surface area contributed by atoms with Gasteiger partial charge in [-0.05, 0) is 12.1 Å². The Morgan fingerprint density at radius 3 is 2.94 bits per heavy atom. The van der Waals surface area contributed by atoms with Gasteiger partial charge in [-0.25, -0.2) is 8.78 Å². The summed E-state index contributed by atoms with van der Waals surface area (Å²) in [4.78, 5) is 13.5. The molecule has 0 aliphatic carbocycles. The van der Waals surface area contributed by atoms with Gasteiger partial charge in [0, 0.05) is 20.1 Å². The van der Waals surface area contributed by atoms with Gasteiger partial charge in [0.2, 0.25) is 5.91 Å². The van der Waals surface area contributed by atoms with Crippen LogP contribution in [0.4, 0.5) is 20.2 Å². The zero-order valence-electron chi connectivity index (χ0n) is 9.74. The summed E-state index contributed by atoms with van der Waals surface area (Å²) in [6.45, 7) is 0.391. The van der Waals surface area contributed by atoms with Crippen molar-refractivity contribution in [1.29, 1.82) is 0 Å². The highest BCUT2D eigenvalue weighted by molar-refractivity contribution is 6.04. The first kappa shape index (κ1) is 11.4. The number of fused-ring (bicyclic) bond motifs is 3. The third-order valence-corrected chi connectivity index (χ3v) is 3.51. The molecule has 2 heterocycles. The van der Waals surface area contributed by atoms with Crippen molar-refractivity contribution in [2.45, 2.75) is 18.6 Å². The Bertz CT molecular complexity index is 521. The molecule has 2 aliphatic rings. The van der Waals surface area contributed by atoms with Gasteiger partial charge in [0.15, 0.2) is 11.6 Å². The molecule has 0 saturated carbocycles. The van der Waals surface area contributed by atoms with Crippen LogP contribution in [0.25, 0.3) is 0 Å². The molecule has 1 saturated heterocycles. The average Bonchev–Trinajstić information content (AvgIpc) is 2.78. The molecule has 2 aliphatic heterocycles. The molecule has 0 spiro atoms. The average molecular weight is 254 g/mol. The lowest BCUT2D eigenvalue weighted by atomic mass is 10.1. The maximum absolute atomic E-state index is 13.9. The number of halogens is 2. The molecule has 96 valence electrons. The normalized spacial score (nSPS) is 25.7. The third-order valence-electron chi connectivity index (χ3n) is 3.51. The van der Waals surface area contributed by atoms with Crippen molar-refractivity contribution in [1.82, 2.24) is 0 Å². The van der Waals surface area contributed by atoms with Gasteiger partial charge in [0.1, 0.15) is 11.7 Å². The number of ether oxygens (including phenoxy) is 1. The van der Waals surface area contributed by atoms with Crippen LogP contribution >= 0.6 is 0 Å². The third kappa shape index (κ3) is 1.49. The summed E-state index contributed by atoms with van der Waals surface area (Å²) in [5.74, 6) is -2.04. The van der Waals surface area contributed by atoms with Gasteiger partial charge in [-0.1, -0.05) is 0 Å². The Kier molecular flexibility index (Phi) is 2.48. The minimum Gasteiger partial charge on any atom is -0.380 e. The molecule has 2 unspecified atom stereocenters. The minimum absolute atomic E-state index is 0.124. The monoisotopic (exact) mass is 254 g/mol. The number of nitrogens with zero attached hydrogens (tertiary/aromatic N) is 1. The topological polar surface area (TPSA) is 41.6 Å². The second-order valence-electron chi connectivity index (χ2n) is 4.51. The maximum atomic E-state index is 13.9. The molecule has 6 heteroatoms. The Hall–Kier alpha value is -1.69. The van der Waals surface area contributed by atoms with Crippen molar-refractivity contribution in [3.8, 4) is 0 Å². The van der Waals surface area contributed by atoms with Crippen molar-refractivity contribution in [3.63, 3.8) is 0 Å². The van der Waals surface area contributed by atoms with E-state index in [1.165, 1.54) is 6.07 Å². The Labute approximate surface area is 103 Å². The van der Waals surface area contributed by atoms with Gasteiger partial charge in [-0.3, -0.25) is 4.79 Å². The smallest absolute Gasteiger partial charge is 0.247 e. The van der Waals surface area contributed by atoms with Crippen LogP contribution in [-0.2, 0) is 9.53 Å². The van der Waals surface area contributed by atoms with E-state index < -0.39 is 17.7 Å². The summed E-state index contributed by atoms with van der Waals surface area (Å²) in [5.41, 5.74) is 0.436. The van der Waals surface area contributed by atoms with Crippen LogP contribution in [0.2, 0.25) is 0 Å². The van der Waals surface area contributed by atoms with Crippen LogP contribution in [0, 0.1) is 11.6 Å². The standard InChI is InChI=1S/C12H12F2N2O2/c1-18-6-4-9-12(17)15-8-3-2-7(13)10(14)11(8)16(9)5-6/h2-3,6,9H,4-5H2,1H3,(H,15,17). The number of carbonyl (C=O) groups is 1. The number of nitrogens with one attached hydrogen (secondary N) is 1. The molecule has 0 aromatic heterocycles. The molecule has 3 rings (SSSR count). The molecule has 18 heavy (non-hydrogen) atoms. The number of hydrogen-bond donors (Lipinski definition) is 1. The van der Waals surface area contributed by atoms with E-state index in [1.54, 1.807) is 12.0 Å². The van der Waals surface area contributed by atoms with Crippen LogP contribution in [0.5, 0.6) is 0 Å². The van der Waals surface area contributed by atoms with E-state index in [-0.39, 0.29) is 17.7 Å². The zero-order valence-corrected chi connectivity index (χ0v) is 9.74. The summed E-state index contributed by atoms with van der Waals surface area (Å²) in [7, 11) is 1.55. The number of amides is 1. The number of carbonyl (C=O) groups excluding carboxylic acids is 1. The largest absolute Gasteiger partial charge is 0.380 e. The van der Waals surface area contributed by atoms with Crippen LogP contribution in [-0.4, -0.2) is 31.7 Å². The van der Waals surface area contributed by atoms with E-state index >= 15 is 0 Å². The van der Waals surface area contributed by atoms with Gasteiger partial charge in [-0.15, -0.1) is 0 Å². The molecule has 1 aromatic rings. The first-order valence-corrected chi connectivity index (χ1v) is 5.70. The van der Waals surface area contributed by atoms with Crippen LogP contribution in [0.15, 0.2) is 12.1 Å². The predicted octanol–water partition coefficient (Wildman–Crippen LogP) is 1.51. The van der Waals surface area contributed by atoms with Gasteiger partial charge < -0.3 is 15.0 Å². The van der Waals surface area contributed by atoms with E-state index in [0.717, 1.165) is 6.07 Å². The summed E-state index contributed by atoms with van der Waals surface area (Å²) in [6, 6.07) is 1.90. The first-order valence-electron chi connectivity index (χ1n) is 5.70. The Balaban J connectivity index is 2.09. The highest BCUT2D eigenvalue weighted by Gasteiger charge is 2.42. The summed E-state index contributed by atoms with van der Waals surface area (Å²) in [6.07, 6.45) is 0.340. The highest BCUT2D eigenvalue weighted by atomic mass is 19.2. The molecule has 2 atom stereocenters. The molecule has 1 aromatic carbocycles. The predicted molar refractivity (Wildman–Crippen MR) is 61.5 cm³/mol. The van der Waals surface area contributed by atoms with Gasteiger partial charge in [0.05, 0.1) is 11.8 Å². The molecule has 1 fully saturated rings. The van der Waals surface area contributed by atoms with Crippen molar-refractivity contribution < 1.29 is 18.3 Å².